The predicted molar refractivity (Wildman–Crippen MR) is 89.3 cm³/mol. The third kappa shape index (κ3) is 7.74. The van der Waals surface area contributed by atoms with Gasteiger partial charge in [0.1, 0.15) is 5.75 Å². The van der Waals surface area contributed by atoms with Gasteiger partial charge in [0.15, 0.2) is 0 Å². The van der Waals surface area contributed by atoms with Crippen LogP contribution in [-0.2, 0) is 0 Å². The summed E-state index contributed by atoms with van der Waals surface area (Å²) in [7, 11) is 1.66. The molecule has 0 aliphatic rings. The lowest BCUT2D eigenvalue weighted by molar-refractivity contribution is 0.415. The molecule has 0 amide bonds. The summed E-state index contributed by atoms with van der Waals surface area (Å²) in [4.78, 5) is 0. The van der Waals surface area contributed by atoms with Crippen molar-refractivity contribution in [1.29, 1.82) is 0 Å². The molecule has 114 valence electrons. The number of benzene rings is 1. The van der Waals surface area contributed by atoms with Gasteiger partial charge in [-0.05, 0) is 24.7 Å². The quantitative estimate of drug-likeness (QED) is 0.744. The summed E-state index contributed by atoms with van der Waals surface area (Å²) in [5, 5.41) is 1.06. The second-order valence-electron chi connectivity index (χ2n) is 3.36. The highest BCUT2D eigenvalue weighted by Crippen LogP contribution is 2.21. The fourth-order valence-corrected chi connectivity index (χ4v) is 1.29. The van der Waals surface area contributed by atoms with Gasteiger partial charge in [-0.1, -0.05) is 34.6 Å². The van der Waals surface area contributed by atoms with E-state index >= 15 is 0 Å². The standard InChI is InChI=1S/C11H11O2.C2H7N.2C2H6/c1-8-3-4-9-7-10(12-2)5-6-11(9)13-8;1-2-3;2*1-2/h3-7H,1-2H3;2-3H2,1H3;2*1-2H3/q+1;;;. The first-order valence-electron chi connectivity index (χ1n) is 7.28. The van der Waals surface area contributed by atoms with Gasteiger partial charge in [-0.2, -0.15) is 0 Å². The maximum atomic E-state index is 5.51. The van der Waals surface area contributed by atoms with Crippen molar-refractivity contribution in [3.8, 4) is 5.75 Å². The number of rotatable bonds is 1. The highest BCUT2D eigenvalue weighted by Gasteiger charge is 2.07. The highest BCUT2D eigenvalue weighted by molar-refractivity contribution is 5.78. The van der Waals surface area contributed by atoms with Crippen molar-refractivity contribution in [2.24, 2.45) is 5.73 Å². The van der Waals surface area contributed by atoms with Gasteiger partial charge in [-0.25, -0.2) is 4.42 Å². The van der Waals surface area contributed by atoms with E-state index in [0.29, 0.717) is 0 Å². The molecule has 1 aromatic carbocycles. The summed E-state index contributed by atoms with van der Waals surface area (Å²) in [6, 6.07) is 9.74. The topological polar surface area (TPSA) is 46.5 Å². The third-order valence-electron chi connectivity index (χ3n) is 1.99. The Hall–Kier alpha value is -1.61. The second kappa shape index (κ2) is 13.8. The zero-order chi connectivity index (χ0) is 16.0. The molecule has 0 saturated heterocycles. The lowest BCUT2D eigenvalue weighted by Gasteiger charge is -1.96. The molecule has 2 rings (SSSR count). The Morgan fingerprint density at radius 2 is 1.60 bits per heavy atom. The Bertz CT molecular complexity index is 456. The normalized spacial score (nSPS) is 8.20. The van der Waals surface area contributed by atoms with Crippen molar-refractivity contribution in [2.45, 2.75) is 41.5 Å². The maximum absolute atomic E-state index is 5.51. The lowest BCUT2D eigenvalue weighted by Crippen LogP contribution is -1.87. The Kier molecular flexibility index (Phi) is 14.3. The first kappa shape index (κ1) is 20.7. The zero-order valence-corrected chi connectivity index (χ0v) is 14.0. The highest BCUT2D eigenvalue weighted by atomic mass is 16.5. The first-order chi connectivity index (χ1) is 9.71. The molecule has 1 heterocycles. The van der Waals surface area contributed by atoms with Crippen molar-refractivity contribution in [3.05, 3.63) is 36.1 Å². The van der Waals surface area contributed by atoms with Crippen LogP contribution in [0.15, 0.2) is 34.7 Å². The smallest absolute Gasteiger partial charge is 0.360 e. The van der Waals surface area contributed by atoms with Crippen LogP contribution >= 0.6 is 0 Å². The molecule has 3 nitrogen and oxygen atoms in total. The molecule has 3 heteroatoms. The predicted octanol–water partition coefficient (Wildman–Crippen LogP) is 5.05. The molecule has 0 fully saturated rings. The molecule has 2 N–H and O–H groups in total. The number of ether oxygens (including phenoxy) is 1. The van der Waals surface area contributed by atoms with Gasteiger partial charge in [-0.15, -0.1) is 0 Å². The van der Waals surface area contributed by atoms with E-state index in [-0.39, 0.29) is 0 Å². The Morgan fingerprint density at radius 3 is 2.10 bits per heavy atom. The van der Waals surface area contributed by atoms with Crippen molar-refractivity contribution < 1.29 is 9.15 Å². The van der Waals surface area contributed by atoms with Gasteiger partial charge in [0.05, 0.1) is 19.4 Å². The fourth-order valence-electron chi connectivity index (χ4n) is 1.29. The number of hydrogen-bond donors (Lipinski definition) is 1. The second-order valence-corrected chi connectivity index (χ2v) is 3.36. The molecule has 2 aromatic rings. The third-order valence-corrected chi connectivity index (χ3v) is 1.99. The minimum Gasteiger partial charge on any atom is -0.497 e. The molecule has 20 heavy (non-hydrogen) atoms. The number of hydrogen-bond acceptors (Lipinski definition) is 2. The maximum Gasteiger partial charge on any atom is 0.360 e. The minimum atomic E-state index is 0.750. The van der Waals surface area contributed by atoms with Crippen LogP contribution in [0.25, 0.3) is 11.0 Å². The largest absolute Gasteiger partial charge is 0.497 e. The number of aryl methyl sites for hydroxylation is 1. The molecule has 0 spiro atoms. The fraction of sp³-hybridized carbons (Fsp3) is 0.471. The number of fused-ring (bicyclic) bond motifs is 1. The molecule has 0 saturated carbocycles. The molecule has 1 aromatic heterocycles. The molecule has 0 radical (unpaired) electrons. The van der Waals surface area contributed by atoms with Gasteiger partial charge in [0.2, 0.25) is 0 Å². The van der Waals surface area contributed by atoms with Crippen LogP contribution in [0.1, 0.15) is 40.4 Å². The average Bonchev–Trinajstić information content (AvgIpc) is 2.51. The Balaban J connectivity index is 0. The zero-order valence-electron chi connectivity index (χ0n) is 14.0. The van der Waals surface area contributed by atoms with Crippen LogP contribution < -0.4 is 10.5 Å². The molecular formula is C17H30NO2+. The van der Waals surface area contributed by atoms with Crippen LogP contribution in [0.4, 0.5) is 0 Å². The van der Waals surface area contributed by atoms with E-state index in [1.165, 1.54) is 0 Å². The van der Waals surface area contributed by atoms with Crippen LogP contribution in [0.2, 0.25) is 0 Å². The van der Waals surface area contributed by atoms with Gasteiger partial charge in [0, 0.05) is 12.1 Å². The molecule has 0 aliphatic carbocycles. The van der Waals surface area contributed by atoms with E-state index in [2.05, 4.69) is 0 Å². The van der Waals surface area contributed by atoms with Crippen LogP contribution in [-0.4, -0.2) is 13.7 Å². The minimum absolute atomic E-state index is 0.750. The van der Waals surface area contributed by atoms with Crippen LogP contribution in [0, 0.1) is 6.92 Å². The summed E-state index contributed by atoms with van der Waals surface area (Å²) in [5.41, 5.74) is 5.74. The summed E-state index contributed by atoms with van der Waals surface area (Å²) >= 11 is 0. The van der Waals surface area contributed by atoms with E-state index in [0.717, 1.165) is 29.0 Å². The van der Waals surface area contributed by atoms with Crippen LogP contribution in [0.5, 0.6) is 5.75 Å². The lowest BCUT2D eigenvalue weighted by atomic mass is 10.2. The van der Waals surface area contributed by atoms with Crippen molar-refractivity contribution in [3.63, 3.8) is 0 Å². The van der Waals surface area contributed by atoms with E-state index < -0.39 is 0 Å². The summed E-state index contributed by atoms with van der Waals surface area (Å²) in [5.74, 6) is 1.77. The molecular weight excluding hydrogens is 250 g/mol. The van der Waals surface area contributed by atoms with E-state index in [1.807, 2.05) is 71.9 Å². The van der Waals surface area contributed by atoms with E-state index in [9.17, 15) is 0 Å². The van der Waals surface area contributed by atoms with Gasteiger partial charge >= 0.3 is 11.3 Å². The van der Waals surface area contributed by atoms with Crippen LogP contribution in [0.3, 0.4) is 0 Å². The first-order valence-corrected chi connectivity index (χ1v) is 7.28. The molecule has 0 atom stereocenters. The summed E-state index contributed by atoms with van der Waals surface area (Å²) in [6.07, 6.45) is 0. The van der Waals surface area contributed by atoms with Gasteiger partial charge in [0.25, 0.3) is 0 Å². The van der Waals surface area contributed by atoms with E-state index in [1.54, 1.807) is 7.11 Å². The SMILES string of the molecule is CC.CC.CCN.COc1ccc2[o+]c(C)ccc2c1. The molecule has 0 bridgehead atoms. The molecule has 0 aliphatic heterocycles. The van der Waals surface area contributed by atoms with Crippen molar-refractivity contribution in [2.75, 3.05) is 13.7 Å². The average molecular weight is 280 g/mol. The van der Waals surface area contributed by atoms with Crippen molar-refractivity contribution >= 4 is 11.0 Å². The summed E-state index contributed by atoms with van der Waals surface area (Å²) in [6.45, 7) is 12.6. The number of nitrogens with two attached hydrogens (primary N) is 1. The Morgan fingerprint density at radius 1 is 1.05 bits per heavy atom. The number of methoxy groups -OCH3 is 1. The Labute approximate surface area is 123 Å². The van der Waals surface area contributed by atoms with Crippen molar-refractivity contribution in [1.82, 2.24) is 0 Å². The van der Waals surface area contributed by atoms with Gasteiger partial charge < -0.3 is 10.5 Å². The monoisotopic (exact) mass is 280 g/mol. The molecule has 0 unspecified atom stereocenters. The van der Waals surface area contributed by atoms with Gasteiger partial charge in [-0.3, -0.25) is 0 Å². The summed E-state index contributed by atoms with van der Waals surface area (Å²) < 4.78 is 10.6. The van der Waals surface area contributed by atoms with E-state index in [4.69, 9.17) is 14.9 Å².